The molecule has 0 spiro atoms. The quantitative estimate of drug-likeness (QED) is 0.636. The number of hydrogen-bond donors (Lipinski definition) is 1. The molecule has 1 unspecified atom stereocenters. The van der Waals surface area contributed by atoms with Crippen molar-refractivity contribution in [3.05, 3.63) is 22.5 Å². The van der Waals surface area contributed by atoms with Crippen LogP contribution in [0.5, 0.6) is 0 Å². The summed E-state index contributed by atoms with van der Waals surface area (Å²) in [5, 5.41) is 13.6. The lowest BCUT2D eigenvalue weighted by Gasteiger charge is -2.14. The van der Waals surface area contributed by atoms with Crippen LogP contribution in [0.1, 0.15) is 19.3 Å². The molecule has 7 heteroatoms. The minimum atomic E-state index is -0.492. The van der Waals surface area contributed by atoms with Crippen LogP contribution in [0.15, 0.2) is 12.4 Å². The Labute approximate surface area is 111 Å². The molecular weight excluding hydrogens is 246 g/mol. The van der Waals surface area contributed by atoms with Crippen molar-refractivity contribution in [3.8, 4) is 0 Å². The molecule has 102 valence electrons. The van der Waals surface area contributed by atoms with E-state index in [1.807, 2.05) is 0 Å². The van der Waals surface area contributed by atoms with E-state index in [4.69, 9.17) is 0 Å². The summed E-state index contributed by atoms with van der Waals surface area (Å²) in [7, 11) is 0. The molecule has 1 aliphatic carbocycles. The van der Waals surface area contributed by atoms with E-state index in [2.05, 4.69) is 20.2 Å². The van der Waals surface area contributed by atoms with E-state index in [1.54, 1.807) is 0 Å². The highest BCUT2D eigenvalue weighted by Gasteiger charge is 2.34. The molecule has 7 nitrogen and oxygen atoms in total. The van der Waals surface area contributed by atoms with E-state index in [1.165, 1.54) is 38.2 Å². The zero-order valence-corrected chi connectivity index (χ0v) is 10.7. The lowest BCUT2D eigenvalue weighted by Crippen LogP contribution is -2.25. The highest BCUT2D eigenvalue weighted by atomic mass is 16.6. The van der Waals surface area contributed by atoms with Crippen molar-refractivity contribution in [1.29, 1.82) is 0 Å². The molecule has 1 saturated heterocycles. The molecule has 2 fully saturated rings. The van der Waals surface area contributed by atoms with Crippen molar-refractivity contribution in [2.24, 2.45) is 5.92 Å². The van der Waals surface area contributed by atoms with Gasteiger partial charge in [-0.1, -0.05) is 0 Å². The highest BCUT2D eigenvalue weighted by molar-refractivity contribution is 5.30. The maximum Gasteiger partial charge on any atom is 0.305 e. The lowest BCUT2D eigenvalue weighted by atomic mass is 10.1. The summed E-state index contributed by atoms with van der Waals surface area (Å²) in [6, 6.07) is 0.834. The third-order valence-corrected chi connectivity index (χ3v) is 3.78. The van der Waals surface area contributed by atoms with Gasteiger partial charge in [-0.05, 0) is 31.7 Å². The lowest BCUT2D eigenvalue weighted by molar-refractivity contribution is -0.385. The number of nitrogens with zero attached hydrogens (tertiary/aromatic N) is 4. The van der Waals surface area contributed by atoms with Gasteiger partial charge in [0.2, 0.25) is 5.95 Å². The van der Waals surface area contributed by atoms with Crippen LogP contribution in [0.2, 0.25) is 0 Å². The molecule has 1 N–H and O–H groups in total. The molecular formula is C12H17N5O2. The number of anilines is 1. The summed E-state index contributed by atoms with van der Waals surface area (Å²) in [5.74, 6) is 1.09. The maximum absolute atomic E-state index is 10.5. The molecule has 1 saturated carbocycles. The summed E-state index contributed by atoms with van der Waals surface area (Å²) < 4.78 is 0. The Kier molecular flexibility index (Phi) is 3.29. The molecule has 0 amide bonds. The Morgan fingerprint density at radius 3 is 2.74 bits per heavy atom. The molecule has 0 aromatic carbocycles. The number of nitro groups is 1. The molecule has 1 aromatic rings. The van der Waals surface area contributed by atoms with Gasteiger partial charge < -0.3 is 10.2 Å². The van der Waals surface area contributed by atoms with Crippen LogP contribution in [-0.2, 0) is 0 Å². The van der Waals surface area contributed by atoms with E-state index in [0.29, 0.717) is 11.9 Å². The zero-order valence-electron chi connectivity index (χ0n) is 10.7. The number of nitrogens with one attached hydrogen (secondary N) is 1. The standard InChI is InChI=1S/C12H17N5O2/c18-17(19)11-6-14-12(15-7-11)13-5-9-3-4-16(8-9)10-1-2-10/h6-7,9-10H,1-5,8H2,(H,13,14,15). The van der Waals surface area contributed by atoms with Gasteiger partial charge in [0.15, 0.2) is 0 Å². The summed E-state index contributed by atoms with van der Waals surface area (Å²) in [6.45, 7) is 3.17. The largest absolute Gasteiger partial charge is 0.354 e. The van der Waals surface area contributed by atoms with Crippen molar-refractivity contribution in [1.82, 2.24) is 14.9 Å². The molecule has 1 aliphatic heterocycles. The second kappa shape index (κ2) is 5.08. The Hall–Kier alpha value is -1.76. The predicted octanol–water partition coefficient (Wildman–Crippen LogP) is 1.28. The molecule has 2 heterocycles. The highest BCUT2D eigenvalue weighted by Crippen LogP contribution is 2.31. The summed E-state index contributed by atoms with van der Waals surface area (Å²) in [5.41, 5.74) is -0.0775. The molecule has 19 heavy (non-hydrogen) atoms. The van der Waals surface area contributed by atoms with Gasteiger partial charge in [0, 0.05) is 19.1 Å². The van der Waals surface area contributed by atoms with Gasteiger partial charge in [-0.3, -0.25) is 10.1 Å². The fourth-order valence-corrected chi connectivity index (χ4v) is 2.54. The molecule has 1 aromatic heterocycles. The van der Waals surface area contributed by atoms with E-state index >= 15 is 0 Å². The predicted molar refractivity (Wildman–Crippen MR) is 69.9 cm³/mol. The van der Waals surface area contributed by atoms with Crippen LogP contribution in [0.4, 0.5) is 11.6 Å². The van der Waals surface area contributed by atoms with Crippen molar-refractivity contribution >= 4 is 11.6 Å². The van der Waals surface area contributed by atoms with Gasteiger partial charge in [0.25, 0.3) is 0 Å². The van der Waals surface area contributed by atoms with Crippen LogP contribution >= 0.6 is 0 Å². The topological polar surface area (TPSA) is 84.2 Å². The van der Waals surface area contributed by atoms with Gasteiger partial charge in [0.1, 0.15) is 12.4 Å². The Morgan fingerprint density at radius 1 is 1.37 bits per heavy atom. The van der Waals surface area contributed by atoms with E-state index in [-0.39, 0.29) is 5.69 Å². The fraction of sp³-hybridized carbons (Fsp3) is 0.667. The van der Waals surface area contributed by atoms with Crippen molar-refractivity contribution in [2.75, 3.05) is 25.0 Å². The van der Waals surface area contributed by atoms with Crippen molar-refractivity contribution < 1.29 is 4.92 Å². The second-order valence-electron chi connectivity index (χ2n) is 5.28. The minimum absolute atomic E-state index is 0.0775. The minimum Gasteiger partial charge on any atom is -0.354 e. The van der Waals surface area contributed by atoms with E-state index in [9.17, 15) is 10.1 Å². The number of hydrogen-bond acceptors (Lipinski definition) is 6. The first-order chi connectivity index (χ1) is 9.22. The SMILES string of the molecule is O=[N+]([O-])c1cnc(NCC2CCN(C3CC3)C2)nc1. The Bertz CT molecular complexity index is 460. The third kappa shape index (κ3) is 2.98. The maximum atomic E-state index is 10.5. The Balaban J connectivity index is 1.48. The molecule has 0 radical (unpaired) electrons. The monoisotopic (exact) mass is 263 g/mol. The average Bonchev–Trinajstić information content (AvgIpc) is 3.16. The first kappa shape index (κ1) is 12.3. The number of aromatic nitrogens is 2. The molecule has 0 bridgehead atoms. The first-order valence-electron chi connectivity index (χ1n) is 6.67. The first-order valence-corrected chi connectivity index (χ1v) is 6.67. The smallest absolute Gasteiger partial charge is 0.305 e. The molecule has 2 aliphatic rings. The van der Waals surface area contributed by atoms with Crippen LogP contribution < -0.4 is 5.32 Å². The van der Waals surface area contributed by atoms with Crippen molar-refractivity contribution in [3.63, 3.8) is 0 Å². The van der Waals surface area contributed by atoms with E-state index in [0.717, 1.165) is 19.1 Å². The van der Waals surface area contributed by atoms with Gasteiger partial charge in [0.05, 0.1) is 4.92 Å². The summed E-state index contributed by atoms with van der Waals surface area (Å²) in [6.07, 6.45) is 6.38. The second-order valence-corrected chi connectivity index (χ2v) is 5.28. The normalized spacial score (nSPS) is 23.5. The summed E-state index contributed by atoms with van der Waals surface area (Å²) >= 11 is 0. The zero-order chi connectivity index (χ0) is 13.2. The van der Waals surface area contributed by atoms with Gasteiger partial charge in [-0.2, -0.15) is 0 Å². The number of rotatable bonds is 5. The van der Waals surface area contributed by atoms with Crippen LogP contribution in [0.3, 0.4) is 0 Å². The Morgan fingerprint density at radius 2 is 2.11 bits per heavy atom. The fourth-order valence-electron chi connectivity index (χ4n) is 2.54. The number of likely N-dealkylation sites (tertiary alicyclic amines) is 1. The van der Waals surface area contributed by atoms with Crippen LogP contribution in [0, 0.1) is 16.0 Å². The average molecular weight is 263 g/mol. The van der Waals surface area contributed by atoms with Gasteiger partial charge in [-0.15, -0.1) is 0 Å². The van der Waals surface area contributed by atoms with Gasteiger partial charge in [-0.25, -0.2) is 9.97 Å². The molecule has 3 rings (SSSR count). The third-order valence-electron chi connectivity index (χ3n) is 3.78. The van der Waals surface area contributed by atoms with Crippen LogP contribution in [0.25, 0.3) is 0 Å². The van der Waals surface area contributed by atoms with E-state index < -0.39 is 4.92 Å². The van der Waals surface area contributed by atoms with Crippen LogP contribution in [-0.4, -0.2) is 45.5 Å². The van der Waals surface area contributed by atoms with Gasteiger partial charge >= 0.3 is 5.69 Å². The molecule has 1 atom stereocenters. The van der Waals surface area contributed by atoms with Crippen molar-refractivity contribution in [2.45, 2.75) is 25.3 Å². The summed E-state index contributed by atoms with van der Waals surface area (Å²) in [4.78, 5) is 20.5.